The van der Waals surface area contributed by atoms with Crippen LogP contribution < -0.4 is 0 Å². The SMILES string of the molecule is COC(=O)CCN1CCN(C)C(=O)C1=O. The van der Waals surface area contributed by atoms with Crippen LogP contribution in [-0.2, 0) is 19.1 Å². The van der Waals surface area contributed by atoms with Crippen molar-refractivity contribution < 1.29 is 19.1 Å². The van der Waals surface area contributed by atoms with Gasteiger partial charge in [0.1, 0.15) is 0 Å². The molecule has 0 radical (unpaired) electrons. The number of hydrogen-bond acceptors (Lipinski definition) is 4. The third-order valence-corrected chi connectivity index (χ3v) is 2.34. The van der Waals surface area contributed by atoms with Gasteiger partial charge in [-0.1, -0.05) is 0 Å². The average Bonchev–Trinajstić information content (AvgIpc) is 2.24. The Hall–Kier alpha value is -1.59. The third kappa shape index (κ3) is 2.68. The second-order valence-corrected chi connectivity index (χ2v) is 3.35. The predicted molar refractivity (Wildman–Crippen MR) is 50.9 cm³/mol. The van der Waals surface area contributed by atoms with Crippen LogP contribution >= 0.6 is 0 Å². The van der Waals surface area contributed by atoms with E-state index in [4.69, 9.17) is 0 Å². The van der Waals surface area contributed by atoms with Gasteiger partial charge in [-0.05, 0) is 0 Å². The highest BCUT2D eigenvalue weighted by Crippen LogP contribution is 2.03. The number of carbonyl (C=O) groups excluding carboxylic acids is 3. The van der Waals surface area contributed by atoms with Gasteiger partial charge in [0.2, 0.25) is 0 Å². The Morgan fingerprint density at radius 1 is 1.33 bits per heavy atom. The molecule has 0 atom stereocenters. The molecule has 1 saturated heterocycles. The lowest BCUT2D eigenvalue weighted by Gasteiger charge is -2.31. The maximum absolute atomic E-state index is 11.4. The van der Waals surface area contributed by atoms with E-state index in [0.717, 1.165) is 0 Å². The first kappa shape index (κ1) is 11.5. The van der Waals surface area contributed by atoms with Gasteiger partial charge >= 0.3 is 17.8 Å². The standard InChI is InChI=1S/C9H14N2O4/c1-10-5-6-11(9(14)8(10)13)4-3-7(12)15-2/h3-6H2,1-2H3. The number of rotatable bonds is 3. The molecule has 1 aliphatic rings. The number of nitrogens with zero attached hydrogens (tertiary/aromatic N) is 2. The lowest BCUT2D eigenvalue weighted by molar-refractivity contribution is -0.155. The number of ether oxygens (including phenoxy) is 1. The van der Waals surface area contributed by atoms with Crippen LogP contribution in [0.2, 0.25) is 0 Å². The minimum absolute atomic E-state index is 0.124. The molecule has 6 nitrogen and oxygen atoms in total. The fourth-order valence-corrected chi connectivity index (χ4v) is 1.31. The molecule has 84 valence electrons. The van der Waals surface area contributed by atoms with E-state index in [2.05, 4.69) is 4.74 Å². The van der Waals surface area contributed by atoms with E-state index in [9.17, 15) is 14.4 Å². The van der Waals surface area contributed by atoms with Crippen LogP contribution in [0, 0.1) is 0 Å². The van der Waals surface area contributed by atoms with Crippen LogP contribution in [0.5, 0.6) is 0 Å². The molecule has 1 fully saturated rings. The molecular weight excluding hydrogens is 200 g/mol. The van der Waals surface area contributed by atoms with Crippen molar-refractivity contribution in [2.24, 2.45) is 0 Å². The Morgan fingerprint density at radius 3 is 2.60 bits per heavy atom. The number of piperazine rings is 1. The zero-order valence-corrected chi connectivity index (χ0v) is 8.86. The monoisotopic (exact) mass is 214 g/mol. The molecule has 1 heterocycles. The summed E-state index contributed by atoms with van der Waals surface area (Å²) in [6, 6.07) is 0. The van der Waals surface area contributed by atoms with E-state index in [1.807, 2.05) is 0 Å². The zero-order valence-electron chi connectivity index (χ0n) is 8.86. The largest absolute Gasteiger partial charge is 0.469 e. The first-order valence-electron chi connectivity index (χ1n) is 4.67. The zero-order chi connectivity index (χ0) is 11.4. The number of hydrogen-bond donors (Lipinski definition) is 0. The highest BCUT2D eigenvalue weighted by Gasteiger charge is 2.30. The third-order valence-electron chi connectivity index (χ3n) is 2.34. The van der Waals surface area contributed by atoms with Crippen LogP contribution in [0.3, 0.4) is 0 Å². The van der Waals surface area contributed by atoms with Crippen molar-refractivity contribution in [2.75, 3.05) is 33.8 Å². The summed E-state index contributed by atoms with van der Waals surface area (Å²) in [7, 11) is 2.87. The Balaban J connectivity index is 2.46. The molecule has 0 aliphatic carbocycles. The van der Waals surface area contributed by atoms with E-state index >= 15 is 0 Å². The van der Waals surface area contributed by atoms with Gasteiger partial charge in [0.25, 0.3) is 0 Å². The van der Waals surface area contributed by atoms with Gasteiger partial charge in [0, 0.05) is 26.7 Å². The van der Waals surface area contributed by atoms with Crippen molar-refractivity contribution in [3.05, 3.63) is 0 Å². The van der Waals surface area contributed by atoms with E-state index in [-0.39, 0.29) is 18.9 Å². The molecule has 0 bridgehead atoms. The number of likely N-dealkylation sites (N-methyl/N-ethyl adjacent to an activating group) is 1. The minimum Gasteiger partial charge on any atom is -0.469 e. The van der Waals surface area contributed by atoms with E-state index < -0.39 is 11.8 Å². The van der Waals surface area contributed by atoms with E-state index in [1.54, 1.807) is 7.05 Å². The molecule has 0 saturated carbocycles. The number of amides is 2. The summed E-state index contributed by atoms with van der Waals surface area (Å²) in [5.41, 5.74) is 0. The van der Waals surface area contributed by atoms with E-state index in [0.29, 0.717) is 13.1 Å². The summed E-state index contributed by atoms with van der Waals surface area (Å²) < 4.78 is 4.45. The fraction of sp³-hybridized carbons (Fsp3) is 0.667. The summed E-state index contributed by atoms with van der Waals surface area (Å²) in [5, 5.41) is 0. The topological polar surface area (TPSA) is 66.9 Å². The fourth-order valence-electron chi connectivity index (χ4n) is 1.31. The highest BCUT2D eigenvalue weighted by molar-refractivity contribution is 6.35. The molecule has 1 rings (SSSR count). The first-order valence-corrected chi connectivity index (χ1v) is 4.67. The second kappa shape index (κ2) is 4.77. The van der Waals surface area contributed by atoms with Crippen molar-refractivity contribution >= 4 is 17.8 Å². The van der Waals surface area contributed by atoms with Crippen LogP contribution in [0.1, 0.15) is 6.42 Å². The number of esters is 1. The van der Waals surface area contributed by atoms with Gasteiger partial charge in [-0.3, -0.25) is 14.4 Å². The molecule has 0 N–H and O–H groups in total. The van der Waals surface area contributed by atoms with Crippen LogP contribution in [0.15, 0.2) is 0 Å². The van der Waals surface area contributed by atoms with E-state index in [1.165, 1.54) is 16.9 Å². The normalized spacial score (nSPS) is 16.9. The molecule has 0 aromatic carbocycles. The van der Waals surface area contributed by atoms with Crippen molar-refractivity contribution in [1.29, 1.82) is 0 Å². The second-order valence-electron chi connectivity index (χ2n) is 3.35. The highest BCUT2D eigenvalue weighted by atomic mass is 16.5. The Morgan fingerprint density at radius 2 is 2.00 bits per heavy atom. The summed E-state index contributed by atoms with van der Waals surface area (Å²) in [5.74, 6) is -1.45. The molecule has 0 spiro atoms. The van der Waals surface area contributed by atoms with Gasteiger partial charge in [-0.15, -0.1) is 0 Å². The van der Waals surface area contributed by atoms with Crippen molar-refractivity contribution in [2.45, 2.75) is 6.42 Å². The molecule has 0 unspecified atom stereocenters. The summed E-state index contributed by atoms with van der Waals surface area (Å²) in [6.45, 7) is 1.22. The Kier molecular flexibility index (Phi) is 3.65. The van der Waals surface area contributed by atoms with Gasteiger partial charge in [0.05, 0.1) is 13.5 Å². The van der Waals surface area contributed by atoms with Crippen LogP contribution in [-0.4, -0.2) is 61.4 Å². The quantitative estimate of drug-likeness (QED) is 0.439. The van der Waals surface area contributed by atoms with Crippen LogP contribution in [0.4, 0.5) is 0 Å². The molecular formula is C9H14N2O4. The molecule has 1 aliphatic heterocycles. The van der Waals surface area contributed by atoms with Gasteiger partial charge in [0.15, 0.2) is 0 Å². The smallest absolute Gasteiger partial charge is 0.312 e. The maximum atomic E-state index is 11.4. The summed E-state index contributed by atoms with van der Waals surface area (Å²) in [4.78, 5) is 36.3. The maximum Gasteiger partial charge on any atom is 0.312 e. The van der Waals surface area contributed by atoms with Crippen molar-refractivity contribution in [3.63, 3.8) is 0 Å². The Bertz CT molecular complexity index is 290. The molecule has 2 amide bonds. The van der Waals surface area contributed by atoms with Gasteiger partial charge < -0.3 is 14.5 Å². The molecule has 6 heteroatoms. The molecule has 0 aromatic rings. The minimum atomic E-state index is -0.548. The van der Waals surface area contributed by atoms with Crippen molar-refractivity contribution in [1.82, 2.24) is 9.80 Å². The lowest BCUT2D eigenvalue weighted by Crippen LogP contribution is -2.53. The molecule has 0 aromatic heterocycles. The lowest BCUT2D eigenvalue weighted by atomic mass is 10.3. The van der Waals surface area contributed by atoms with Crippen LogP contribution in [0.25, 0.3) is 0 Å². The average molecular weight is 214 g/mol. The molecule has 15 heavy (non-hydrogen) atoms. The summed E-state index contributed by atoms with van der Waals surface area (Å²) >= 11 is 0. The number of carbonyl (C=O) groups is 3. The van der Waals surface area contributed by atoms with Gasteiger partial charge in [-0.2, -0.15) is 0 Å². The Labute approximate surface area is 87.8 Å². The predicted octanol–water partition coefficient (Wildman–Crippen LogP) is -1.15. The number of methoxy groups -OCH3 is 1. The van der Waals surface area contributed by atoms with Gasteiger partial charge in [-0.25, -0.2) is 0 Å². The van der Waals surface area contributed by atoms with Crippen molar-refractivity contribution in [3.8, 4) is 0 Å². The summed E-state index contributed by atoms with van der Waals surface area (Å²) in [6.07, 6.45) is 0.124. The first-order chi connectivity index (χ1) is 7.06.